The Hall–Kier alpha value is -1.81. The Balaban J connectivity index is 2.13. The van der Waals surface area contributed by atoms with Gasteiger partial charge in [-0.15, -0.1) is 0 Å². The molecule has 1 N–H and O–H groups in total. The first-order valence-electron chi connectivity index (χ1n) is 6.65. The number of hydrogen-bond donors (Lipinski definition) is 1. The van der Waals surface area contributed by atoms with Gasteiger partial charge in [0.15, 0.2) is 11.6 Å². The normalized spacial score (nSPS) is 12.0. The fourth-order valence-corrected chi connectivity index (χ4v) is 2.10. The molecule has 0 aliphatic carbocycles. The van der Waals surface area contributed by atoms with E-state index >= 15 is 0 Å². The van der Waals surface area contributed by atoms with Crippen molar-refractivity contribution < 1.29 is 13.5 Å². The summed E-state index contributed by atoms with van der Waals surface area (Å²) in [6, 6.07) is 9.05. The van der Waals surface area contributed by atoms with Gasteiger partial charge in [-0.1, -0.05) is 17.7 Å². The second-order valence-electron chi connectivity index (χ2n) is 4.62. The van der Waals surface area contributed by atoms with E-state index < -0.39 is 11.6 Å². The van der Waals surface area contributed by atoms with E-state index in [1.54, 1.807) is 25.1 Å². The van der Waals surface area contributed by atoms with Gasteiger partial charge in [0, 0.05) is 17.8 Å². The zero-order valence-electron chi connectivity index (χ0n) is 11.8. The third kappa shape index (κ3) is 3.85. The maximum Gasteiger partial charge on any atom is 0.167 e. The van der Waals surface area contributed by atoms with Crippen LogP contribution in [0.1, 0.15) is 25.5 Å². The lowest BCUT2D eigenvalue weighted by Gasteiger charge is -2.16. The van der Waals surface area contributed by atoms with Crippen LogP contribution in [0.5, 0.6) is 5.75 Å². The van der Waals surface area contributed by atoms with E-state index in [1.807, 2.05) is 6.92 Å². The first kappa shape index (κ1) is 15.6. The van der Waals surface area contributed by atoms with E-state index in [9.17, 15) is 8.78 Å². The second-order valence-corrected chi connectivity index (χ2v) is 5.02. The Bertz CT molecular complexity index is 634. The molecule has 2 aromatic rings. The summed E-state index contributed by atoms with van der Waals surface area (Å²) in [4.78, 5) is 0. The highest BCUT2D eigenvalue weighted by atomic mass is 35.5. The molecule has 0 aromatic heterocycles. The molecule has 0 bridgehead atoms. The van der Waals surface area contributed by atoms with Crippen LogP contribution in [-0.2, 0) is 0 Å². The summed E-state index contributed by atoms with van der Waals surface area (Å²) in [5.74, 6) is -0.690. The minimum Gasteiger partial charge on any atom is -0.491 e. The number of hydrogen-bond acceptors (Lipinski definition) is 2. The number of anilines is 1. The van der Waals surface area contributed by atoms with Crippen LogP contribution >= 0.6 is 11.6 Å². The molecule has 1 unspecified atom stereocenters. The van der Waals surface area contributed by atoms with Crippen LogP contribution < -0.4 is 10.1 Å². The lowest BCUT2D eigenvalue weighted by molar-refractivity contribution is 0.321. The topological polar surface area (TPSA) is 21.3 Å². The number of rotatable bonds is 5. The molecule has 5 heteroatoms. The third-order valence-corrected chi connectivity index (χ3v) is 3.37. The van der Waals surface area contributed by atoms with Crippen molar-refractivity contribution in [1.29, 1.82) is 0 Å². The van der Waals surface area contributed by atoms with Gasteiger partial charge in [-0.3, -0.25) is 0 Å². The van der Waals surface area contributed by atoms with Gasteiger partial charge in [0.25, 0.3) is 0 Å². The molecule has 112 valence electrons. The highest BCUT2D eigenvalue weighted by Crippen LogP contribution is 2.26. The van der Waals surface area contributed by atoms with Crippen LogP contribution in [0.2, 0.25) is 5.02 Å². The van der Waals surface area contributed by atoms with Crippen LogP contribution in [-0.4, -0.2) is 6.61 Å². The largest absolute Gasteiger partial charge is 0.491 e. The molecule has 1 atom stereocenters. The van der Waals surface area contributed by atoms with Crippen molar-refractivity contribution in [2.45, 2.75) is 19.9 Å². The zero-order valence-corrected chi connectivity index (χ0v) is 12.5. The van der Waals surface area contributed by atoms with Crippen LogP contribution in [0.15, 0.2) is 36.4 Å². The van der Waals surface area contributed by atoms with E-state index in [0.29, 0.717) is 12.3 Å². The molecule has 0 radical (unpaired) electrons. The molecule has 0 aliphatic heterocycles. The molecular weight excluding hydrogens is 296 g/mol. The van der Waals surface area contributed by atoms with E-state index in [-0.39, 0.29) is 16.8 Å². The van der Waals surface area contributed by atoms with Gasteiger partial charge in [-0.05, 0) is 43.7 Å². The molecule has 0 fully saturated rings. The van der Waals surface area contributed by atoms with E-state index in [2.05, 4.69) is 5.32 Å². The van der Waals surface area contributed by atoms with Crippen molar-refractivity contribution in [1.82, 2.24) is 0 Å². The lowest BCUT2D eigenvalue weighted by atomic mass is 10.1. The molecular formula is C16H16ClF2NO. The molecule has 2 rings (SSSR count). The van der Waals surface area contributed by atoms with Crippen molar-refractivity contribution >= 4 is 17.3 Å². The summed E-state index contributed by atoms with van der Waals surface area (Å²) < 4.78 is 32.4. The fraction of sp³-hybridized carbons (Fsp3) is 0.250. The van der Waals surface area contributed by atoms with Gasteiger partial charge < -0.3 is 10.1 Å². The molecule has 2 nitrogen and oxygen atoms in total. The van der Waals surface area contributed by atoms with Crippen LogP contribution in [0, 0.1) is 11.6 Å². The van der Waals surface area contributed by atoms with E-state index in [1.165, 1.54) is 18.2 Å². The molecule has 0 amide bonds. The average molecular weight is 312 g/mol. The van der Waals surface area contributed by atoms with E-state index in [0.717, 1.165) is 5.56 Å². The van der Waals surface area contributed by atoms with Crippen molar-refractivity contribution in [3.8, 4) is 5.75 Å². The smallest absolute Gasteiger partial charge is 0.167 e. The summed E-state index contributed by atoms with van der Waals surface area (Å²) in [7, 11) is 0. The third-order valence-electron chi connectivity index (χ3n) is 3.06. The van der Waals surface area contributed by atoms with Crippen molar-refractivity contribution in [2.75, 3.05) is 11.9 Å². The van der Waals surface area contributed by atoms with Crippen LogP contribution in [0.25, 0.3) is 0 Å². The van der Waals surface area contributed by atoms with Gasteiger partial charge in [0.1, 0.15) is 5.82 Å². The first-order chi connectivity index (χ1) is 10.0. The van der Waals surface area contributed by atoms with Crippen LogP contribution in [0.3, 0.4) is 0 Å². The van der Waals surface area contributed by atoms with Gasteiger partial charge in [-0.25, -0.2) is 8.78 Å². The Morgan fingerprint density at radius 2 is 1.90 bits per heavy atom. The Labute approximate surface area is 127 Å². The number of halogens is 3. The molecule has 0 saturated heterocycles. The minimum atomic E-state index is -0.472. The summed E-state index contributed by atoms with van der Waals surface area (Å²) in [5.41, 5.74) is 1.32. The van der Waals surface area contributed by atoms with E-state index in [4.69, 9.17) is 16.3 Å². The Kier molecular flexibility index (Phi) is 5.02. The second kappa shape index (κ2) is 6.76. The molecule has 0 spiro atoms. The maximum atomic E-state index is 13.8. The molecule has 0 aliphatic rings. The summed E-state index contributed by atoms with van der Waals surface area (Å²) in [6.07, 6.45) is 0. The average Bonchev–Trinajstić information content (AvgIpc) is 2.45. The quantitative estimate of drug-likeness (QED) is 0.820. The van der Waals surface area contributed by atoms with Gasteiger partial charge in [0.2, 0.25) is 0 Å². The summed E-state index contributed by atoms with van der Waals surface area (Å²) in [5, 5.41) is 3.19. The van der Waals surface area contributed by atoms with Gasteiger partial charge in [0.05, 0.1) is 11.6 Å². The highest BCUT2D eigenvalue weighted by Gasteiger charge is 2.10. The zero-order chi connectivity index (χ0) is 15.4. The Morgan fingerprint density at radius 3 is 2.52 bits per heavy atom. The van der Waals surface area contributed by atoms with Gasteiger partial charge in [-0.2, -0.15) is 0 Å². The van der Waals surface area contributed by atoms with Crippen molar-refractivity contribution in [2.24, 2.45) is 0 Å². The standard InChI is InChI=1S/C16H16ClF2NO/c1-3-21-16-7-5-12(9-15(16)19)20-10(2)11-4-6-13(17)14(18)8-11/h4-10,20H,3H2,1-2H3. The number of ether oxygens (including phenoxy) is 1. The SMILES string of the molecule is CCOc1ccc(NC(C)c2ccc(Cl)c(F)c2)cc1F. The predicted octanol–water partition coefficient (Wildman–Crippen LogP) is 5.19. The molecule has 21 heavy (non-hydrogen) atoms. The lowest BCUT2D eigenvalue weighted by Crippen LogP contribution is -2.07. The van der Waals surface area contributed by atoms with Crippen LogP contribution in [0.4, 0.5) is 14.5 Å². The predicted molar refractivity (Wildman–Crippen MR) is 81.0 cm³/mol. The minimum absolute atomic E-state index is 0.0815. The number of nitrogens with one attached hydrogen (secondary N) is 1. The Morgan fingerprint density at radius 1 is 1.14 bits per heavy atom. The summed E-state index contributed by atoms with van der Waals surface area (Å²) >= 11 is 5.65. The first-order valence-corrected chi connectivity index (χ1v) is 7.03. The molecule has 0 saturated carbocycles. The van der Waals surface area contributed by atoms with Crippen molar-refractivity contribution in [3.63, 3.8) is 0 Å². The highest BCUT2D eigenvalue weighted by molar-refractivity contribution is 6.30. The molecule has 2 aromatic carbocycles. The summed E-state index contributed by atoms with van der Waals surface area (Å²) in [6.45, 7) is 4.06. The molecule has 0 heterocycles. The number of benzene rings is 2. The fourth-order valence-electron chi connectivity index (χ4n) is 1.98. The maximum absolute atomic E-state index is 13.8. The van der Waals surface area contributed by atoms with Crippen molar-refractivity contribution in [3.05, 3.63) is 58.6 Å². The monoisotopic (exact) mass is 311 g/mol. The van der Waals surface area contributed by atoms with Gasteiger partial charge >= 0.3 is 0 Å².